The minimum Gasteiger partial charge on any atom is -0.502 e. The van der Waals surface area contributed by atoms with Crippen LogP contribution >= 0.6 is 0 Å². The van der Waals surface area contributed by atoms with Gasteiger partial charge in [-0.1, -0.05) is 6.07 Å². The van der Waals surface area contributed by atoms with Gasteiger partial charge < -0.3 is 10.1 Å². The third-order valence-electron chi connectivity index (χ3n) is 2.79. The van der Waals surface area contributed by atoms with Crippen molar-refractivity contribution in [1.29, 1.82) is 0 Å². The van der Waals surface area contributed by atoms with Crippen molar-refractivity contribution in [2.75, 3.05) is 0 Å². The fraction of sp³-hybridized carbons (Fsp3) is 0.167. The van der Waals surface area contributed by atoms with E-state index in [4.69, 9.17) is 0 Å². The summed E-state index contributed by atoms with van der Waals surface area (Å²) < 4.78 is 0. The molecule has 0 aliphatic rings. The van der Waals surface area contributed by atoms with Gasteiger partial charge in [-0.2, -0.15) is 0 Å². The number of aromatic amines is 1. The molecule has 0 amide bonds. The summed E-state index contributed by atoms with van der Waals surface area (Å²) in [4.78, 5) is 35.2. The summed E-state index contributed by atoms with van der Waals surface area (Å²) in [5.74, 6) is -0.791. The van der Waals surface area contributed by atoms with Crippen LogP contribution in [0.3, 0.4) is 0 Å². The second kappa shape index (κ2) is 4.20. The van der Waals surface area contributed by atoms with E-state index < -0.39 is 27.3 Å². The Balaban J connectivity index is 3.23. The van der Waals surface area contributed by atoms with Gasteiger partial charge in [0.2, 0.25) is 5.75 Å². The maximum absolute atomic E-state index is 11.6. The van der Waals surface area contributed by atoms with E-state index in [1.807, 2.05) is 0 Å². The van der Waals surface area contributed by atoms with Crippen LogP contribution in [0.2, 0.25) is 0 Å². The SMILES string of the molecule is Cc1cc(C)c2c(O)c([N+](=O)[O-])c(=O)c(=O)[nH]c2c1. The van der Waals surface area contributed by atoms with Gasteiger partial charge in [-0.05, 0) is 31.0 Å². The van der Waals surface area contributed by atoms with Crippen molar-refractivity contribution < 1.29 is 10.0 Å². The van der Waals surface area contributed by atoms with Gasteiger partial charge in [0.15, 0.2) is 0 Å². The molecule has 0 spiro atoms. The highest BCUT2D eigenvalue weighted by Gasteiger charge is 2.23. The summed E-state index contributed by atoms with van der Waals surface area (Å²) in [5.41, 5.74) is -2.10. The van der Waals surface area contributed by atoms with Crippen LogP contribution in [-0.4, -0.2) is 15.0 Å². The van der Waals surface area contributed by atoms with Crippen LogP contribution in [0, 0.1) is 24.0 Å². The second-order valence-electron chi connectivity index (χ2n) is 4.24. The zero-order valence-corrected chi connectivity index (χ0v) is 10.2. The molecular formula is C12H10N2O5. The number of nitrogens with one attached hydrogen (secondary N) is 1. The standard InChI is InChI=1S/C12H10N2O5/c1-5-3-6(2)8-7(4-5)13-12(17)11(16)9(10(8)15)14(18)19/h3-4,15H,1-2H3,(H,13,16,17). The molecule has 0 aliphatic carbocycles. The summed E-state index contributed by atoms with van der Waals surface area (Å²) in [7, 11) is 0. The van der Waals surface area contributed by atoms with E-state index in [1.54, 1.807) is 19.9 Å². The highest BCUT2D eigenvalue weighted by atomic mass is 16.6. The van der Waals surface area contributed by atoms with Crippen molar-refractivity contribution in [1.82, 2.24) is 4.98 Å². The van der Waals surface area contributed by atoms with E-state index >= 15 is 0 Å². The molecular weight excluding hydrogens is 252 g/mol. The molecule has 0 bridgehead atoms. The largest absolute Gasteiger partial charge is 0.502 e. The number of H-pyrrole nitrogens is 1. The molecule has 19 heavy (non-hydrogen) atoms. The number of hydrogen-bond acceptors (Lipinski definition) is 5. The summed E-state index contributed by atoms with van der Waals surface area (Å²) in [6, 6.07) is 3.22. The lowest BCUT2D eigenvalue weighted by Gasteiger charge is -2.02. The van der Waals surface area contributed by atoms with E-state index in [9.17, 15) is 24.8 Å². The molecule has 7 heteroatoms. The molecule has 1 heterocycles. The van der Waals surface area contributed by atoms with Crippen molar-refractivity contribution in [2.45, 2.75) is 13.8 Å². The Bertz CT molecular complexity index is 823. The van der Waals surface area contributed by atoms with Crippen molar-refractivity contribution in [3.63, 3.8) is 0 Å². The quantitative estimate of drug-likeness (QED) is 0.454. The fourth-order valence-corrected chi connectivity index (χ4v) is 2.06. The molecule has 0 saturated heterocycles. The number of fused-ring (bicyclic) bond motifs is 1. The molecule has 2 N–H and O–H groups in total. The number of aromatic nitrogens is 1. The Kier molecular flexibility index (Phi) is 2.82. The molecule has 0 atom stereocenters. The first kappa shape index (κ1) is 12.7. The first-order valence-corrected chi connectivity index (χ1v) is 5.38. The summed E-state index contributed by atoms with van der Waals surface area (Å²) in [6.45, 7) is 3.39. The molecule has 2 rings (SSSR count). The second-order valence-corrected chi connectivity index (χ2v) is 4.24. The van der Waals surface area contributed by atoms with E-state index in [2.05, 4.69) is 4.98 Å². The van der Waals surface area contributed by atoms with Crippen molar-refractivity contribution >= 4 is 16.6 Å². The third-order valence-corrected chi connectivity index (χ3v) is 2.79. The number of nitro groups is 1. The van der Waals surface area contributed by atoms with Crippen LogP contribution in [0.25, 0.3) is 10.9 Å². The first-order valence-electron chi connectivity index (χ1n) is 5.38. The summed E-state index contributed by atoms with van der Waals surface area (Å²) >= 11 is 0. The van der Waals surface area contributed by atoms with Crippen molar-refractivity contribution in [2.24, 2.45) is 0 Å². The van der Waals surface area contributed by atoms with Gasteiger partial charge in [0.25, 0.3) is 0 Å². The topological polar surface area (TPSA) is 113 Å². The highest BCUT2D eigenvalue weighted by Crippen LogP contribution is 2.31. The molecule has 7 nitrogen and oxygen atoms in total. The van der Waals surface area contributed by atoms with Gasteiger partial charge in [-0.15, -0.1) is 0 Å². The Morgan fingerprint density at radius 2 is 1.89 bits per heavy atom. The molecule has 0 fully saturated rings. The third kappa shape index (κ3) is 1.95. The van der Waals surface area contributed by atoms with E-state index in [-0.39, 0.29) is 10.9 Å². The summed E-state index contributed by atoms with van der Waals surface area (Å²) in [6.07, 6.45) is 0. The lowest BCUT2D eigenvalue weighted by atomic mass is 10.1. The van der Waals surface area contributed by atoms with Gasteiger partial charge in [0.1, 0.15) is 0 Å². The maximum Gasteiger partial charge on any atom is 0.364 e. The van der Waals surface area contributed by atoms with Crippen LogP contribution in [0.4, 0.5) is 5.69 Å². The number of hydrogen-bond donors (Lipinski definition) is 2. The van der Waals surface area contributed by atoms with Gasteiger partial charge in [-0.3, -0.25) is 19.7 Å². The number of aromatic hydroxyl groups is 1. The Hall–Kier alpha value is -2.70. The van der Waals surface area contributed by atoms with Crippen molar-refractivity contribution in [3.05, 3.63) is 54.0 Å². The number of nitrogens with zero attached hydrogens (tertiary/aromatic N) is 1. The predicted octanol–water partition coefficient (Wildman–Crippen LogP) is 1.12. The van der Waals surface area contributed by atoms with Crippen LogP contribution in [0.5, 0.6) is 5.75 Å². The molecule has 1 aromatic carbocycles. The zero-order valence-electron chi connectivity index (χ0n) is 10.2. The fourth-order valence-electron chi connectivity index (χ4n) is 2.06. The van der Waals surface area contributed by atoms with Gasteiger partial charge in [0, 0.05) is 0 Å². The number of aryl methyl sites for hydroxylation is 2. The van der Waals surface area contributed by atoms with Crippen LogP contribution in [0.1, 0.15) is 11.1 Å². The molecule has 1 aromatic heterocycles. The maximum atomic E-state index is 11.6. The normalized spacial score (nSPS) is 10.6. The Labute approximate surface area is 106 Å². The van der Waals surface area contributed by atoms with Gasteiger partial charge in [-0.25, -0.2) is 0 Å². The molecule has 98 valence electrons. The molecule has 0 radical (unpaired) electrons. The van der Waals surface area contributed by atoms with Crippen molar-refractivity contribution in [3.8, 4) is 5.75 Å². The lowest BCUT2D eigenvalue weighted by molar-refractivity contribution is -0.386. The molecule has 2 aromatic rings. The highest BCUT2D eigenvalue weighted by molar-refractivity contribution is 5.90. The number of benzene rings is 1. The first-order chi connectivity index (χ1) is 8.82. The minimum absolute atomic E-state index is 0.0940. The molecule has 0 aliphatic heterocycles. The van der Waals surface area contributed by atoms with E-state index in [1.165, 1.54) is 6.07 Å². The van der Waals surface area contributed by atoms with E-state index in [0.717, 1.165) is 5.56 Å². The lowest BCUT2D eigenvalue weighted by Crippen LogP contribution is -2.25. The Morgan fingerprint density at radius 1 is 1.26 bits per heavy atom. The molecule has 0 unspecified atom stereocenters. The average Bonchev–Trinajstić information content (AvgIpc) is 2.34. The zero-order chi connectivity index (χ0) is 14.3. The van der Waals surface area contributed by atoms with E-state index in [0.29, 0.717) is 5.56 Å². The number of rotatable bonds is 1. The van der Waals surface area contributed by atoms with Gasteiger partial charge >= 0.3 is 16.7 Å². The van der Waals surface area contributed by atoms with Crippen LogP contribution in [0.15, 0.2) is 21.7 Å². The molecule has 0 saturated carbocycles. The predicted molar refractivity (Wildman–Crippen MR) is 68.6 cm³/mol. The average molecular weight is 262 g/mol. The smallest absolute Gasteiger partial charge is 0.364 e. The van der Waals surface area contributed by atoms with Gasteiger partial charge in [0.05, 0.1) is 15.8 Å². The summed E-state index contributed by atoms with van der Waals surface area (Å²) in [5, 5.41) is 20.9. The monoisotopic (exact) mass is 262 g/mol. The Morgan fingerprint density at radius 3 is 2.47 bits per heavy atom. The van der Waals surface area contributed by atoms with Crippen LogP contribution < -0.4 is 11.0 Å². The van der Waals surface area contributed by atoms with Crippen LogP contribution in [-0.2, 0) is 0 Å². The minimum atomic E-state index is -1.37.